The van der Waals surface area contributed by atoms with Crippen LogP contribution in [0.25, 0.3) is 11.5 Å². The summed E-state index contributed by atoms with van der Waals surface area (Å²) in [5.74, 6) is -1.81. The summed E-state index contributed by atoms with van der Waals surface area (Å²) in [4.78, 5) is 3.92. The van der Waals surface area contributed by atoms with E-state index >= 15 is 0 Å². The number of pyridine rings is 1. The smallest absolute Gasteiger partial charge is 0.253 e. The number of aromatic hydroxyl groups is 2. The number of aromatic nitrogens is 1. The molecular formula is C10H10N2O5S. The molecule has 0 aliphatic rings. The van der Waals surface area contributed by atoms with Gasteiger partial charge < -0.3 is 14.6 Å². The molecule has 0 aliphatic carbocycles. The summed E-state index contributed by atoms with van der Waals surface area (Å²) < 4.78 is 29.1. The van der Waals surface area contributed by atoms with E-state index in [1.54, 1.807) is 18.2 Å². The van der Waals surface area contributed by atoms with Crippen molar-refractivity contribution in [3.05, 3.63) is 24.4 Å². The van der Waals surface area contributed by atoms with Crippen LogP contribution >= 0.6 is 0 Å². The average molecular weight is 270 g/mol. The minimum Gasteiger partial charge on any atom is -0.501 e. The van der Waals surface area contributed by atoms with Gasteiger partial charge in [-0.3, -0.25) is 9.71 Å². The highest BCUT2D eigenvalue weighted by molar-refractivity contribution is 7.92. The van der Waals surface area contributed by atoms with Crippen molar-refractivity contribution in [3.8, 4) is 23.0 Å². The second kappa shape index (κ2) is 4.22. The van der Waals surface area contributed by atoms with Crippen molar-refractivity contribution in [2.45, 2.75) is 0 Å². The van der Waals surface area contributed by atoms with E-state index in [1.807, 2.05) is 4.72 Å². The van der Waals surface area contributed by atoms with Gasteiger partial charge in [0.15, 0.2) is 0 Å². The summed E-state index contributed by atoms with van der Waals surface area (Å²) >= 11 is 0. The van der Waals surface area contributed by atoms with E-state index in [1.165, 1.54) is 6.20 Å². The van der Waals surface area contributed by atoms with Crippen LogP contribution in [0.2, 0.25) is 0 Å². The highest BCUT2D eigenvalue weighted by Gasteiger charge is 2.23. The van der Waals surface area contributed by atoms with Gasteiger partial charge in [-0.15, -0.1) is 0 Å². The third kappa shape index (κ3) is 2.38. The molecule has 7 nitrogen and oxygen atoms in total. The second-order valence-corrected chi connectivity index (χ2v) is 5.30. The molecule has 0 spiro atoms. The van der Waals surface area contributed by atoms with Crippen molar-refractivity contribution in [3.63, 3.8) is 0 Å². The van der Waals surface area contributed by atoms with Gasteiger partial charge in [-0.1, -0.05) is 6.07 Å². The average Bonchev–Trinajstić information content (AvgIpc) is 2.57. The summed E-state index contributed by atoms with van der Waals surface area (Å²) in [7, 11) is -3.62. The van der Waals surface area contributed by atoms with Gasteiger partial charge in [-0.25, -0.2) is 8.42 Å². The fraction of sp³-hybridized carbons (Fsp3) is 0.100. The van der Waals surface area contributed by atoms with Crippen LogP contribution in [-0.2, 0) is 10.0 Å². The third-order valence-electron chi connectivity index (χ3n) is 2.03. The summed E-state index contributed by atoms with van der Waals surface area (Å²) in [6.07, 6.45) is 2.37. The van der Waals surface area contributed by atoms with Gasteiger partial charge in [0.25, 0.3) is 5.88 Å². The minimum absolute atomic E-state index is 0.112. The predicted molar refractivity (Wildman–Crippen MR) is 63.7 cm³/mol. The molecule has 2 aromatic rings. The number of anilines is 1. The van der Waals surface area contributed by atoms with Crippen LogP contribution in [0.15, 0.2) is 28.8 Å². The molecule has 96 valence electrons. The molecule has 0 atom stereocenters. The van der Waals surface area contributed by atoms with E-state index in [0.717, 1.165) is 6.26 Å². The van der Waals surface area contributed by atoms with Gasteiger partial charge in [0.05, 0.1) is 6.26 Å². The third-order valence-corrected chi connectivity index (χ3v) is 2.59. The summed E-state index contributed by atoms with van der Waals surface area (Å²) in [6.45, 7) is 0. The monoisotopic (exact) mass is 270 g/mol. The normalized spacial score (nSPS) is 11.4. The van der Waals surface area contributed by atoms with E-state index in [-0.39, 0.29) is 11.5 Å². The van der Waals surface area contributed by atoms with Crippen molar-refractivity contribution in [2.24, 2.45) is 0 Å². The molecule has 2 aromatic heterocycles. The van der Waals surface area contributed by atoms with E-state index in [0.29, 0.717) is 0 Å². The summed E-state index contributed by atoms with van der Waals surface area (Å²) in [5, 5.41) is 19.2. The maximum Gasteiger partial charge on any atom is 0.253 e. The highest BCUT2D eigenvalue weighted by Crippen LogP contribution is 2.44. The Morgan fingerprint density at radius 1 is 1.28 bits per heavy atom. The molecule has 0 saturated heterocycles. The first-order chi connectivity index (χ1) is 8.38. The zero-order chi connectivity index (χ0) is 13.3. The number of hydrogen-bond donors (Lipinski definition) is 3. The molecule has 0 radical (unpaired) electrons. The Labute approximate surface area is 103 Å². The lowest BCUT2D eigenvalue weighted by Crippen LogP contribution is -2.08. The lowest BCUT2D eigenvalue weighted by molar-refractivity contribution is 0.410. The van der Waals surface area contributed by atoms with Gasteiger partial charge >= 0.3 is 0 Å². The largest absolute Gasteiger partial charge is 0.501 e. The molecule has 0 saturated carbocycles. The number of nitrogens with zero attached hydrogens (tertiary/aromatic N) is 1. The number of sulfonamides is 1. The standard InChI is InChI=1S/C10H10N2O5S/c1-18(15,16)12-10-8(14)7(13)9(17-10)6-4-2-3-5-11-6/h2-5,12-14H,1H3. The molecule has 18 heavy (non-hydrogen) atoms. The second-order valence-electron chi connectivity index (χ2n) is 3.55. The Bertz CT molecular complexity index is 663. The quantitative estimate of drug-likeness (QED) is 0.770. The topological polar surface area (TPSA) is 113 Å². The Morgan fingerprint density at radius 2 is 2.00 bits per heavy atom. The zero-order valence-electron chi connectivity index (χ0n) is 9.28. The van der Waals surface area contributed by atoms with Crippen LogP contribution < -0.4 is 4.72 Å². The molecule has 2 rings (SSSR count). The Kier molecular flexibility index (Phi) is 2.87. The molecule has 0 amide bonds. The van der Waals surface area contributed by atoms with Crippen molar-refractivity contribution in [2.75, 3.05) is 11.0 Å². The molecule has 2 heterocycles. The molecule has 0 unspecified atom stereocenters. The van der Waals surface area contributed by atoms with E-state index in [9.17, 15) is 18.6 Å². The van der Waals surface area contributed by atoms with E-state index in [4.69, 9.17) is 4.42 Å². The summed E-state index contributed by atoms with van der Waals surface area (Å²) in [6, 6.07) is 4.87. The Hall–Kier alpha value is -2.22. The SMILES string of the molecule is CS(=O)(=O)Nc1oc(-c2ccccn2)c(O)c1O. The molecular weight excluding hydrogens is 260 g/mol. The maximum absolute atomic E-state index is 11.0. The molecule has 0 bridgehead atoms. The minimum atomic E-state index is -3.62. The van der Waals surface area contributed by atoms with Gasteiger partial charge in [0, 0.05) is 6.20 Å². The highest BCUT2D eigenvalue weighted by atomic mass is 32.2. The van der Waals surface area contributed by atoms with Crippen molar-refractivity contribution in [1.82, 2.24) is 4.98 Å². The van der Waals surface area contributed by atoms with Crippen molar-refractivity contribution < 1.29 is 23.0 Å². The number of furan rings is 1. The van der Waals surface area contributed by atoms with Gasteiger partial charge in [-0.2, -0.15) is 0 Å². The van der Waals surface area contributed by atoms with E-state index < -0.39 is 27.4 Å². The van der Waals surface area contributed by atoms with Gasteiger partial charge in [0.1, 0.15) is 5.69 Å². The van der Waals surface area contributed by atoms with Crippen LogP contribution in [0.4, 0.5) is 5.88 Å². The zero-order valence-corrected chi connectivity index (χ0v) is 10.1. The van der Waals surface area contributed by atoms with Crippen molar-refractivity contribution >= 4 is 15.9 Å². The Balaban J connectivity index is 2.50. The van der Waals surface area contributed by atoms with Crippen LogP contribution in [0, 0.1) is 0 Å². The number of nitrogens with one attached hydrogen (secondary N) is 1. The first kappa shape index (κ1) is 12.2. The van der Waals surface area contributed by atoms with Gasteiger partial charge in [0.2, 0.25) is 27.3 Å². The first-order valence-electron chi connectivity index (χ1n) is 4.82. The lowest BCUT2D eigenvalue weighted by atomic mass is 10.3. The molecule has 0 fully saturated rings. The first-order valence-corrected chi connectivity index (χ1v) is 6.71. The molecule has 3 N–H and O–H groups in total. The number of hydrogen-bond acceptors (Lipinski definition) is 6. The summed E-state index contributed by atoms with van der Waals surface area (Å²) in [5.41, 5.74) is 0.270. The Morgan fingerprint density at radius 3 is 2.56 bits per heavy atom. The maximum atomic E-state index is 11.0. The van der Waals surface area contributed by atoms with Gasteiger partial charge in [-0.05, 0) is 12.1 Å². The fourth-order valence-corrected chi connectivity index (χ4v) is 1.80. The van der Waals surface area contributed by atoms with Crippen LogP contribution in [-0.4, -0.2) is 29.9 Å². The molecule has 0 aliphatic heterocycles. The fourth-order valence-electron chi connectivity index (χ4n) is 1.32. The van der Waals surface area contributed by atoms with Crippen LogP contribution in [0.5, 0.6) is 11.5 Å². The molecule has 8 heteroatoms. The number of rotatable bonds is 3. The predicted octanol–water partition coefficient (Wildman–Crippen LogP) is 1.12. The molecule has 0 aromatic carbocycles. The van der Waals surface area contributed by atoms with Crippen molar-refractivity contribution in [1.29, 1.82) is 0 Å². The lowest BCUT2D eigenvalue weighted by Gasteiger charge is -1.98. The van der Waals surface area contributed by atoms with E-state index in [2.05, 4.69) is 4.98 Å². The van der Waals surface area contributed by atoms with Crippen LogP contribution in [0.3, 0.4) is 0 Å². The van der Waals surface area contributed by atoms with Crippen LogP contribution in [0.1, 0.15) is 0 Å².